The number of aliphatic hydroxyl groups is 2. The zero-order chi connectivity index (χ0) is 19.0. The topological polar surface area (TPSA) is 52.9 Å². The first-order valence-corrected chi connectivity index (χ1v) is 10.1. The standard InChI is InChI=1S/C21H41NO3/c1-15-8-18(12-19(2,3)9-15)25-14-17(24)13-22-20(4,5)10-16(23)11-21(22,6)7/h15-18,23-24H,8-14H2,1-7H3/t15-,17+,18-/m1/s1. The van der Waals surface area contributed by atoms with Crippen LogP contribution < -0.4 is 0 Å². The molecule has 2 aliphatic rings. The van der Waals surface area contributed by atoms with E-state index in [1.165, 1.54) is 6.42 Å². The van der Waals surface area contributed by atoms with Crippen molar-refractivity contribution in [2.24, 2.45) is 11.3 Å². The van der Waals surface area contributed by atoms with Crippen LogP contribution in [0.5, 0.6) is 0 Å². The van der Waals surface area contributed by atoms with Gasteiger partial charge in [0.2, 0.25) is 0 Å². The summed E-state index contributed by atoms with van der Waals surface area (Å²) in [6.45, 7) is 16.6. The molecule has 0 bridgehead atoms. The second-order valence-electron chi connectivity index (χ2n) is 10.8. The normalized spacial score (nSPS) is 34.0. The highest BCUT2D eigenvalue weighted by Gasteiger charge is 2.45. The number of nitrogens with zero attached hydrogens (tertiary/aromatic N) is 1. The van der Waals surface area contributed by atoms with Crippen LogP contribution in [0.3, 0.4) is 0 Å². The molecule has 2 N–H and O–H groups in total. The molecule has 0 spiro atoms. The molecule has 2 rings (SSSR count). The molecule has 0 radical (unpaired) electrons. The van der Waals surface area contributed by atoms with Crippen molar-refractivity contribution in [3.63, 3.8) is 0 Å². The first kappa shape index (κ1) is 21.1. The second kappa shape index (κ2) is 7.46. The molecule has 4 heteroatoms. The number of hydrogen-bond acceptors (Lipinski definition) is 4. The van der Waals surface area contributed by atoms with Crippen LogP contribution in [-0.4, -0.2) is 57.7 Å². The third-order valence-corrected chi connectivity index (χ3v) is 6.20. The summed E-state index contributed by atoms with van der Waals surface area (Å²) in [5.74, 6) is 0.687. The van der Waals surface area contributed by atoms with Gasteiger partial charge in [-0.25, -0.2) is 0 Å². The second-order valence-corrected chi connectivity index (χ2v) is 10.8. The number of aliphatic hydroxyl groups excluding tert-OH is 2. The molecular weight excluding hydrogens is 314 g/mol. The summed E-state index contributed by atoms with van der Waals surface area (Å²) >= 11 is 0. The van der Waals surface area contributed by atoms with Crippen molar-refractivity contribution in [2.75, 3.05) is 13.2 Å². The van der Waals surface area contributed by atoms with Crippen molar-refractivity contribution < 1.29 is 14.9 Å². The minimum absolute atomic E-state index is 0.122. The van der Waals surface area contributed by atoms with Gasteiger partial charge in [-0.1, -0.05) is 20.8 Å². The van der Waals surface area contributed by atoms with E-state index < -0.39 is 6.10 Å². The van der Waals surface area contributed by atoms with Crippen LogP contribution >= 0.6 is 0 Å². The lowest BCUT2D eigenvalue weighted by atomic mass is 9.71. The van der Waals surface area contributed by atoms with E-state index in [0.29, 0.717) is 24.5 Å². The Morgan fingerprint density at radius 3 is 2.08 bits per heavy atom. The Balaban J connectivity index is 1.90. The number of likely N-dealkylation sites (tertiary alicyclic amines) is 1. The molecule has 1 aliphatic carbocycles. The van der Waals surface area contributed by atoms with Gasteiger partial charge in [0.25, 0.3) is 0 Å². The lowest BCUT2D eigenvalue weighted by molar-refractivity contribution is -0.114. The van der Waals surface area contributed by atoms with Crippen molar-refractivity contribution in [3.8, 4) is 0 Å². The summed E-state index contributed by atoms with van der Waals surface area (Å²) in [7, 11) is 0. The highest BCUT2D eigenvalue weighted by molar-refractivity contribution is 5.00. The molecule has 148 valence electrons. The van der Waals surface area contributed by atoms with E-state index >= 15 is 0 Å². The number of hydrogen-bond donors (Lipinski definition) is 2. The van der Waals surface area contributed by atoms with E-state index in [0.717, 1.165) is 25.7 Å². The number of rotatable bonds is 5. The maximum Gasteiger partial charge on any atom is 0.0900 e. The Labute approximate surface area is 154 Å². The first-order chi connectivity index (χ1) is 11.3. The minimum Gasteiger partial charge on any atom is -0.393 e. The Hall–Kier alpha value is -0.160. The molecular formula is C21H41NO3. The van der Waals surface area contributed by atoms with Gasteiger partial charge in [-0.2, -0.15) is 0 Å². The van der Waals surface area contributed by atoms with E-state index in [2.05, 4.69) is 53.4 Å². The molecule has 4 nitrogen and oxygen atoms in total. The molecule has 0 aromatic rings. The number of ether oxygens (including phenoxy) is 1. The van der Waals surface area contributed by atoms with Gasteiger partial charge in [-0.15, -0.1) is 0 Å². The Kier molecular flexibility index (Phi) is 6.31. The summed E-state index contributed by atoms with van der Waals surface area (Å²) < 4.78 is 6.12. The average Bonchev–Trinajstić information content (AvgIpc) is 2.37. The molecule has 0 amide bonds. The van der Waals surface area contributed by atoms with Gasteiger partial charge >= 0.3 is 0 Å². The SMILES string of the molecule is C[C@@H]1C[C@@H](OC[C@@H](O)CN2C(C)(C)CC(O)CC2(C)C)CC(C)(C)C1. The maximum absolute atomic E-state index is 10.6. The predicted octanol–water partition coefficient (Wildman–Crippen LogP) is 3.59. The molecule has 0 aromatic carbocycles. The number of piperidine rings is 1. The fourth-order valence-corrected chi connectivity index (χ4v) is 5.66. The fraction of sp³-hybridized carbons (Fsp3) is 1.00. The van der Waals surface area contributed by atoms with Crippen molar-refractivity contribution in [1.82, 2.24) is 4.90 Å². The smallest absolute Gasteiger partial charge is 0.0900 e. The molecule has 0 unspecified atom stereocenters. The lowest BCUT2D eigenvalue weighted by Gasteiger charge is -2.55. The summed E-state index contributed by atoms with van der Waals surface area (Å²) in [5.41, 5.74) is 0.0905. The summed E-state index contributed by atoms with van der Waals surface area (Å²) in [6.07, 6.45) is 4.44. The highest BCUT2D eigenvalue weighted by Crippen LogP contribution is 2.40. The molecule has 0 aromatic heterocycles. The van der Waals surface area contributed by atoms with Gasteiger partial charge in [0, 0.05) is 17.6 Å². The summed E-state index contributed by atoms with van der Waals surface area (Å²) in [6, 6.07) is 0. The van der Waals surface area contributed by atoms with Gasteiger partial charge in [0.05, 0.1) is 24.9 Å². The van der Waals surface area contributed by atoms with Gasteiger partial charge in [0.15, 0.2) is 0 Å². The predicted molar refractivity (Wildman–Crippen MR) is 103 cm³/mol. The third-order valence-electron chi connectivity index (χ3n) is 6.20. The van der Waals surface area contributed by atoms with Crippen molar-refractivity contribution in [3.05, 3.63) is 0 Å². The quantitative estimate of drug-likeness (QED) is 0.791. The molecule has 3 atom stereocenters. The van der Waals surface area contributed by atoms with Gasteiger partial charge < -0.3 is 14.9 Å². The zero-order valence-corrected chi connectivity index (χ0v) is 17.5. The van der Waals surface area contributed by atoms with Gasteiger partial charge in [-0.3, -0.25) is 4.90 Å². The van der Waals surface area contributed by atoms with Crippen LogP contribution in [0, 0.1) is 11.3 Å². The Morgan fingerprint density at radius 2 is 1.56 bits per heavy atom. The van der Waals surface area contributed by atoms with E-state index in [1.54, 1.807) is 0 Å². The first-order valence-electron chi connectivity index (χ1n) is 10.1. The number of β-amino-alcohol motifs (C(OH)–C–C–N with tert-alkyl or cyclic N) is 1. The van der Waals surface area contributed by atoms with E-state index in [4.69, 9.17) is 4.74 Å². The van der Waals surface area contributed by atoms with E-state index in [9.17, 15) is 10.2 Å². The zero-order valence-electron chi connectivity index (χ0n) is 17.5. The lowest BCUT2D eigenvalue weighted by Crippen LogP contribution is -2.63. The van der Waals surface area contributed by atoms with E-state index in [1.807, 2.05) is 0 Å². The van der Waals surface area contributed by atoms with Crippen molar-refractivity contribution >= 4 is 0 Å². The van der Waals surface area contributed by atoms with Crippen molar-refractivity contribution in [1.29, 1.82) is 0 Å². The largest absolute Gasteiger partial charge is 0.393 e. The van der Waals surface area contributed by atoms with Crippen LogP contribution in [-0.2, 0) is 4.74 Å². The molecule has 1 aliphatic heterocycles. The molecule has 1 saturated heterocycles. The molecule has 1 saturated carbocycles. The van der Waals surface area contributed by atoms with Crippen LogP contribution in [0.4, 0.5) is 0 Å². The maximum atomic E-state index is 10.6. The Morgan fingerprint density at radius 1 is 1.00 bits per heavy atom. The van der Waals surface area contributed by atoms with Crippen LogP contribution in [0.2, 0.25) is 0 Å². The van der Waals surface area contributed by atoms with Gasteiger partial charge in [-0.05, 0) is 71.1 Å². The van der Waals surface area contributed by atoms with Crippen molar-refractivity contribution in [2.45, 2.75) is 110 Å². The van der Waals surface area contributed by atoms with Gasteiger partial charge in [0.1, 0.15) is 0 Å². The highest BCUT2D eigenvalue weighted by atomic mass is 16.5. The molecule has 1 heterocycles. The molecule has 25 heavy (non-hydrogen) atoms. The van der Waals surface area contributed by atoms with Crippen LogP contribution in [0.25, 0.3) is 0 Å². The third kappa shape index (κ3) is 5.66. The Bertz CT molecular complexity index is 428. The average molecular weight is 356 g/mol. The monoisotopic (exact) mass is 355 g/mol. The van der Waals surface area contributed by atoms with Crippen LogP contribution in [0.1, 0.15) is 80.6 Å². The van der Waals surface area contributed by atoms with E-state index in [-0.39, 0.29) is 23.3 Å². The molecule has 2 fully saturated rings. The fourth-order valence-electron chi connectivity index (χ4n) is 5.66. The summed E-state index contributed by atoms with van der Waals surface area (Å²) in [4.78, 5) is 2.36. The minimum atomic E-state index is -0.492. The van der Waals surface area contributed by atoms with Crippen LogP contribution in [0.15, 0.2) is 0 Å². The summed E-state index contributed by atoms with van der Waals surface area (Å²) in [5, 5.41) is 20.8.